The maximum Gasteiger partial charge on any atom is 0.338 e. The van der Waals surface area contributed by atoms with Crippen LogP contribution in [0.4, 0.5) is 5.69 Å². The molecular formula is C27H23N3O6S. The number of esters is 1. The van der Waals surface area contributed by atoms with Gasteiger partial charge in [0.1, 0.15) is 11.9 Å². The van der Waals surface area contributed by atoms with Gasteiger partial charge in [-0.3, -0.25) is 19.5 Å². The molecular weight excluding hydrogens is 494 g/mol. The number of aromatic nitrogens is 1. The van der Waals surface area contributed by atoms with Crippen LogP contribution in [-0.4, -0.2) is 28.2 Å². The number of para-hydroxylation sites is 1. The number of nitro groups is 1. The Hall–Kier alpha value is -4.31. The van der Waals surface area contributed by atoms with Gasteiger partial charge in [0.15, 0.2) is 4.80 Å². The number of carbonyl (C=O) groups excluding carboxylic acids is 1. The van der Waals surface area contributed by atoms with Crippen LogP contribution >= 0.6 is 11.3 Å². The number of hydrogen-bond donors (Lipinski definition) is 0. The zero-order chi connectivity index (χ0) is 26.3. The molecule has 0 aliphatic carbocycles. The van der Waals surface area contributed by atoms with Gasteiger partial charge in [-0.05, 0) is 50.1 Å². The first-order valence-corrected chi connectivity index (χ1v) is 12.5. The van der Waals surface area contributed by atoms with Crippen molar-refractivity contribution in [3.63, 3.8) is 0 Å². The normalized spacial score (nSPS) is 18.8. The molecule has 0 radical (unpaired) electrons. The van der Waals surface area contributed by atoms with E-state index in [0.29, 0.717) is 20.6 Å². The first-order chi connectivity index (χ1) is 17.8. The van der Waals surface area contributed by atoms with Gasteiger partial charge in [-0.1, -0.05) is 41.7 Å². The number of nitro benzene ring substituents is 1. The molecule has 2 atom stereocenters. The summed E-state index contributed by atoms with van der Waals surface area (Å²) in [5, 5.41) is 11.5. The van der Waals surface area contributed by atoms with Crippen molar-refractivity contribution in [2.75, 3.05) is 6.61 Å². The van der Waals surface area contributed by atoms with Gasteiger partial charge < -0.3 is 9.47 Å². The number of hydrogen-bond acceptors (Lipinski definition) is 8. The summed E-state index contributed by atoms with van der Waals surface area (Å²) in [6.45, 7) is 5.40. The lowest BCUT2D eigenvalue weighted by molar-refractivity contribution is -0.384. The van der Waals surface area contributed by atoms with Crippen molar-refractivity contribution in [2.45, 2.75) is 32.9 Å². The number of non-ortho nitro benzene ring substituents is 1. The van der Waals surface area contributed by atoms with Crippen LogP contribution < -0.4 is 19.6 Å². The van der Waals surface area contributed by atoms with Crippen LogP contribution in [-0.2, 0) is 9.53 Å². The molecule has 9 nitrogen and oxygen atoms in total. The van der Waals surface area contributed by atoms with Crippen LogP contribution in [0.2, 0.25) is 0 Å². The standard InChI is InChI=1S/C27H23N3O6S/c1-4-35-26(32)23-15(2)28-27-29(24(23)18-9-7-10-20(13-18)30(33)34)25(31)22(37-27)14-19-12-17-8-5-6-11-21(17)36-16(19)3/h5-14,16,24H,4H2,1-3H3/b22-14-. The van der Waals surface area contributed by atoms with E-state index in [4.69, 9.17) is 9.47 Å². The van der Waals surface area contributed by atoms with Crippen molar-refractivity contribution in [1.82, 2.24) is 4.57 Å². The highest BCUT2D eigenvalue weighted by Crippen LogP contribution is 2.33. The topological polar surface area (TPSA) is 113 Å². The summed E-state index contributed by atoms with van der Waals surface area (Å²) >= 11 is 1.19. The quantitative estimate of drug-likeness (QED) is 0.291. The van der Waals surface area contributed by atoms with E-state index in [2.05, 4.69) is 4.99 Å². The molecule has 2 aliphatic heterocycles. The molecule has 0 N–H and O–H groups in total. The predicted octanol–water partition coefficient (Wildman–Crippen LogP) is 3.52. The van der Waals surface area contributed by atoms with Gasteiger partial charge in [-0.25, -0.2) is 9.79 Å². The lowest BCUT2D eigenvalue weighted by atomic mass is 9.95. The number of ether oxygens (including phenoxy) is 2. The summed E-state index contributed by atoms with van der Waals surface area (Å²) in [6, 6.07) is 12.7. The fourth-order valence-electron chi connectivity index (χ4n) is 4.49. The minimum atomic E-state index is -0.924. The SMILES string of the molecule is CCOC(=O)C1=C(C)N=c2s/c(=C\C3=Cc4ccccc4OC3C)c(=O)n2C1c1cccc([N+](=O)[O-])c1. The molecule has 2 aliphatic rings. The third kappa shape index (κ3) is 4.40. The third-order valence-electron chi connectivity index (χ3n) is 6.23. The Morgan fingerprint density at radius 2 is 2.05 bits per heavy atom. The van der Waals surface area contributed by atoms with E-state index in [1.807, 2.05) is 37.3 Å². The van der Waals surface area contributed by atoms with Crippen molar-refractivity contribution in [2.24, 2.45) is 4.99 Å². The smallest absolute Gasteiger partial charge is 0.338 e. The number of thiazole rings is 1. The lowest BCUT2D eigenvalue weighted by Crippen LogP contribution is -2.40. The molecule has 10 heteroatoms. The van der Waals surface area contributed by atoms with Crippen LogP contribution in [0.25, 0.3) is 12.2 Å². The highest BCUT2D eigenvalue weighted by Gasteiger charge is 2.34. The molecule has 188 valence electrons. The Morgan fingerprint density at radius 3 is 2.81 bits per heavy atom. The number of allylic oxidation sites excluding steroid dienone is 1. The van der Waals surface area contributed by atoms with Gasteiger partial charge >= 0.3 is 5.97 Å². The van der Waals surface area contributed by atoms with Crippen LogP contribution in [0.3, 0.4) is 0 Å². The minimum absolute atomic E-state index is 0.134. The second-order valence-corrected chi connectivity index (χ2v) is 9.61. The summed E-state index contributed by atoms with van der Waals surface area (Å²) in [6.07, 6.45) is 3.48. The summed E-state index contributed by atoms with van der Waals surface area (Å²) in [4.78, 5) is 42.7. The number of benzene rings is 2. The number of rotatable bonds is 5. The number of carbonyl (C=O) groups is 1. The Kier molecular flexibility index (Phi) is 6.34. The predicted molar refractivity (Wildman–Crippen MR) is 139 cm³/mol. The van der Waals surface area contributed by atoms with Gasteiger partial charge in [-0.15, -0.1) is 0 Å². The lowest BCUT2D eigenvalue weighted by Gasteiger charge is -2.24. The zero-order valence-corrected chi connectivity index (χ0v) is 21.2. The third-order valence-corrected chi connectivity index (χ3v) is 7.21. The molecule has 0 saturated carbocycles. The number of nitrogens with zero attached hydrogens (tertiary/aromatic N) is 3. The molecule has 2 aromatic carbocycles. The van der Waals surface area contributed by atoms with Crippen LogP contribution in [0.5, 0.6) is 5.75 Å². The Bertz CT molecular complexity index is 1680. The molecule has 1 aromatic heterocycles. The van der Waals surface area contributed by atoms with Gasteiger partial charge in [0.2, 0.25) is 0 Å². The second kappa shape index (κ2) is 9.62. The van der Waals surface area contributed by atoms with E-state index in [1.165, 1.54) is 34.1 Å². The Balaban J connectivity index is 1.71. The first kappa shape index (κ1) is 24.4. The summed E-state index contributed by atoms with van der Waals surface area (Å²) in [5.74, 6) is 0.150. The van der Waals surface area contributed by atoms with Crippen molar-refractivity contribution in [1.29, 1.82) is 0 Å². The average molecular weight is 518 g/mol. The van der Waals surface area contributed by atoms with Gasteiger partial charge in [-0.2, -0.15) is 0 Å². The molecule has 2 unspecified atom stereocenters. The first-order valence-electron chi connectivity index (χ1n) is 11.7. The van der Waals surface area contributed by atoms with Gasteiger partial charge in [0.25, 0.3) is 11.2 Å². The van der Waals surface area contributed by atoms with Crippen molar-refractivity contribution in [3.05, 3.63) is 106 Å². The summed E-state index contributed by atoms with van der Waals surface area (Å²) in [7, 11) is 0. The molecule has 3 heterocycles. The fourth-order valence-corrected chi connectivity index (χ4v) is 5.53. The highest BCUT2D eigenvalue weighted by molar-refractivity contribution is 7.07. The molecule has 0 bridgehead atoms. The highest BCUT2D eigenvalue weighted by atomic mass is 32.1. The van der Waals surface area contributed by atoms with Crippen LogP contribution in [0.1, 0.15) is 37.9 Å². The molecule has 0 fully saturated rings. The van der Waals surface area contributed by atoms with E-state index in [1.54, 1.807) is 26.0 Å². The van der Waals surface area contributed by atoms with Crippen molar-refractivity contribution < 1.29 is 19.2 Å². The molecule has 0 saturated heterocycles. The largest absolute Gasteiger partial charge is 0.485 e. The van der Waals surface area contributed by atoms with Gasteiger partial charge in [0, 0.05) is 17.7 Å². The zero-order valence-electron chi connectivity index (χ0n) is 20.3. The van der Waals surface area contributed by atoms with E-state index in [9.17, 15) is 19.7 Å². The Morgan fingerprint density at radius 1 is 1.27 bits per heavy atom. The minimum Gasteiger partial charge on any atom is -0.485 e. The van der Waals surface area contributed by atoms with E-state index >= 15 is 0 Å². The molecule has 0 amide bonds. The molecule has 5 rings (SSSR count). The monoisotopic (exact) mass is 517 g/mol. The average Bonchev–Trinajstić information content (AvgIpc) is 3.18. The van der Waals surface area contributed by atoms with Gasteiger partial charge in [0.05, 0.1) is 33.4 Å². The molecule has 3 aromatic rings. The van der Waals surface area contributed by atoms with E-state index in [-0.39, 0.29) is 29.5 Å². The van der Waals surface area contributed by atoms with Crippen LogP contribution in [0.15, 0.2) is 75.2 Å². The van der Waals surface area contributed by atoms with Crippen molar-refractivity contribution in [3.8, 4) is 5.75 Å². The maximum atomic E-state index is 13.8. The van der Waals surface area contributed by atoms with Crippen LogP contribution in [0, 0.1) is 10.1 Å². The van der Waals surface area contributed by atoms with E-state index in [0.717, 1.165) is 16.9 Å². The number of fused-ring (bicyclic) bond motifs is 2. The van der Waals surface area contributed by atoms with Crippen molar-refractivity contribution >= 4 is 35.1 Å². The summed E-state index contributed by atoms with van der Waals surface area (Å²) in [5.41, 5.74) is 2.21. The van der Waals surface area contributed by atoms with E-state index < -0.39 is 16.9 Å². The fraction of sp³-hybridized carbons (Fsp3) is 0.222. The molecule has 37 heavy (non-hydrogen) atoms. The second-order valence-electron chi connectivity index (χ2n) is 8.60. The summed E-state index contributed by atoms with van der Waals surface area (Å²) < 4.78 is 13.1. The Labute approximate surface area is 215 Å². The maximum absolute atomic E-state index is 13.8. The molecule has 0 spiro atoms.